The molecule has 0 aromatic carbocycles. The van der Waals surface area contributed by atoms with Gasteiger partial charge in [0.15, 0.2) is 0 Å². The molecule has 2 bridgehead atoms. The van der Waals surface area contributed by atoms with E-state index in [4.69, 9.17) is 0 Å². The van der Waals surface area contributed by atoms with Gasteiger partial charge in [-0.25, -0.2) is 4.79 Å². The predicted octanol–water partition coefficient (Wildman–Crippen LogP) is 2.31. The van der Waals surface area contributed by atoms with E-state index in [9.17, 15) is 14.7 Å². The van der Waals surface area contributed by atoms with E-state index in [1.54, 1.807) is 0 Å². The minimum absolute atomic E-state index is 0.0539. The van der Waals surface area contributed by atoms with Crippen molar-refractivity contribution in [1.29, 1.82) is 0 Å². The molecule has 4 aliphatic rings. The number of hydrogen-bond donors (Lipinski definition) is 1. The number of aliphatic carboxylic acids is 1. The van der Waals surface area contributed by atoms with Gasteiger partial charge in [0.05, 0.1) is 5.92 Å². The van der Waals surface area contributed by atoms with Crippen molar-refractivity contribution in [1.82, 2.24) is 9.80 Å². The van der Waals surface area contributed by atoms with Crippen molar-refractivity contribution in [3.63, 3.8) is 0 Å². The van der Waals surface area contributed by atoms with Gasteiger partial charge in [0.25, 0.3) is 0 Å². The molecule has 5 atom stereocenters. The summed E-state index contributed by atoms with van der Waals surface area (Å²) in [5.74, 6) is -0.368. The molecule has 5 nitrogen and oxygen atoms in total. The maximum atomic E-state index is 13.0. The van der Waals surface area contributed by atoms with Gasteiger partial charge in [-0.15, -0.1) is 0 Å². The highest BCUT2D eigenvalue weighted by Gasteiger charge is 2.53. The van der Waals surface area contributed by atoms with Gasteiger partial charge in [-0.1, -0.05) is 6.42 Å². The number of piperidine rings is 1. The van der Waals surface area contributed by atoms with Crippen LogP contribution in [0.25, 0.3) is 0 Å². The summed E-state index contributed by atoms with van der Waals surface area (Å²) in [5, 5.41) is 9.34. The monoisotopic (exact) mass is 292 g/mol. The summed E-state index contributed by atoms with van der Waals surface area (Å²) in [6.07, 6.45) is 8.54. The van der Waals surface area contributed by atoms with Gasteiger partial charge in [0.1, 0.15) is 0 Å². The fourth-order valence-corrected chi connectivity index (χ4v) is 5.39. The number of rotatable bonds is 1. The molecule has 1 aliphatic carbocycles. The van der Waals surface area contributed by atoms with Gasteiger partial charge in [0.2, 0.25) is 0 Å². The molecule has 1 saturated carbocycles. The number of nitrogens with zero attached hydrogens (tertiary/aromatic N) is 2. The van der Waals surface area contributed by atoms with Crippen LogP contribution >= 0.6 is 0 Å². The first-order valence-electron chi connectivity index (χ1n) is 8.48. The zero-order valence-corrected chi connectivity index (χ0v) is 12.4. The summed E-state index contributed by atoms with van der Waals surface area (Å²) in [5.41, 5.74) is 0. The third kappa shape index (κ3) is 1.96. The van der Waals surface area contributed by atoms with E-state index in [2.05, 4.69) is 4.90 Å². The van der Waals surface area contributed by atoms with Crippen LogP contribution in [0.2, 0.25) is 0 Å². The average Bonchev–Trinajstić information content (AvgIpc) is 3.19. The van der Waals surface area contributed by atoms with Crippen molar-refractivity contribution in [2.45, 2.75) is 69.5 Å². The van der Waals surface area contributed by atoms with E-state index in [0.29, 0.717) is 18.4 Å². The van der Waals surface area contributed by atoms with Crippen molar-refractivity contribution < 1.29 is 14.7 Å². The Hall–Kier alpha value is -1.26. The quantitative estimate of drug-likeness (QED) is 0.806. The van der Waals surface area contributed by atoms with E-state index < -0.39 is 5.97 Å². The lowest BCUT2D eigenvalue weighted by atomic mass is 9.89. The predicted molar refractivity (Wildman–Crippen MR) is 76.9 cm³/mol. The molecule has 2 amide bonds. The summed E-state index contributed by atoms with van der Waals surface area (Å²) in [6, 6.07) is 0.685. The fourth-order valence-electron chi connectivity index (χ4n) is 5.39. The maximum absolute atomic E-state index is 13.0. The molecule has 1 N–H and O–H groups in total. The summed E-state index contributed by atoms with van der Waals surface area (Å²) in [4.78, 5) is 28.4. The first kappa shape index (κ1) is 13.4. The lowest BCUT2D eigenvalue weighted by molar-refractivity contribution is -0.142. The molecular formula is C16H24N2O3. The van der Waals surface area contributed by atoms with Crippen LogP contribution in [0.1, 0.15) is 51.4 Å². The third-order valence-electron chi connectivity index (χ3n) is 6.31. The van der Waals surface area contributed by atoms with Gasteiger partial charge in [-0.05, 0) is 50.9 Å². The fraction of sp³-hybridized carbons (Fsp3) is 0.875. The molecule has 21 heavy (non-hydrogen) atoms. The van der Waals surface area contributed by atoms with E-state index in [-0.39, 0.29) is 24.0 Å². The summed E-state index contributed by atoms with van der Waals surface area (Å²) >= 11 is 0. The van der Waals surface area contributed by atoms with E-state index in [0.717, 1.165) is 32.2 Å². The molecule has 3 heterocycles. The maximum Gasteiger partial charge on any atom is 0.320 e. The van der Waals surface area contributed by atoms with Crippen LogP contribution < -0.4 is 0 Å². The van der Waals surface area contributed by atoms with Crippen LogP contribution in [0.5, 0.6) is 0 Å². The Morgan fingerprint density at radius 2 is 1.76 bits per heavy atom. The van der Waals surface area contributed by atoms with Crippen molar-refractivity contribution >= 4 is 12.0 Å². The molecule has 3 saturated heterocycles. The standard InChI is InChI=1S/C16H24N2O3/c19-15(20)12-9-11-6-7-14(12)18(11)16(21)17-8-2-4-10-3-1-5-13(10)17/h10-14H,1-9H2,(H,19,20). The smallest absolute Gasteiger partial charge is 0.320 e. The number of carbonyl (C=O) groups excluding carboxylic acids is 1. The number of hydrogen-bond acceptors (Lipinski definition) is 2. The summed E-state index contributed by atoms with van der Waals surface area (Å²) < 4.78 is 0. The average molecular weight is 292 g/mol. The third-order valence-corrected chi connectivity index (χ3v) is 6.31. The molecule has 4 rings (SSSR count). The largest absolute Gasteiger partial charge is 0.481 e. The van der Waals surface area contributed by atoms with E-state index in [1.807, 2.05) is 4.90 Å². The SMILES string of the molecule is O=C(O)C1CC2CCC1N2C(=O)N1CCCC2CCCC21. The zero-order valence-electron chi connectivity index (χ0n) is 12.4. The molecule has 5 heteroatoms. The number of fused-ring (bicyclic) bond motifs is 3. The van der Waals surface area contributed by atoms with Crippen molar-refractivity contribution in [3.8, 4) is 0 Å². The number of amides is 2. The summed E-state index contributed by atoms with van der Waals surface area (Å²) in [6.45, 7) is 0.869. The molecular weight excluding hydrogens is 268 g/mol. The molecule has 0 spiro atoms. The number of likely N-dealkylation sites (tertiary alicyclic amines) is 1. The Morgan fingerprint density at radius 1 is 0.952 bits per heavy atom. The Morgan fingerprint density at radius 3 is 2.52 bits per heavy atom. The second-order valence-corrected chi connectivity index (χ2v) is 7.26. The normalized spacial score (nSPS) is 41.4. The molecule has 0 aromatic heterocycles. The highest BCUT2D eigenvalue weighted by atomic mass is 16.4. The minimum atomic E-state index is -0.725. The second-order valence-electron chi connectivity index (χ2n) is 7.26. The lowest BCUT2D eigenvalue weighted by Crippen LogP contribution is -2.53. The van der Waals surface area contributed by atoms with Crippen LogP contribution in [0, 0.1) is 11.8 Å². The van der Waals surface area contributed by atoms with Gasteiger partial charge >= 0.3 is 12.0 Å². The van der Waals surface area contributed by atoms with Gasteiger partial charge < -0.3 is 14.9 Å². The second kappa shape index (κ2) is 4.89. The van der Waals surface area contributed by atoms with Crippen molar-refractivity contribution in [2.24, 2.45) is 11.8 Å². The number of urea groups is 1. The number of carboxylic acids is 1. The Labute approximate surface area is 125 Å². The first-order chi connectivity index (χ1) is 10.2. The molecule has 5 unspecified atom stereocenters. The van der Waals surface area contributed by atoms with Crippen molar-refractivity contribution in [2.75, 3.05) is 6.54 Å². The van der Waals surface area contributed by atoms with Crippen LogP contribution in [-0.2, 0) is 4.79 Å². The van der Waals surface area contributed by atoms with E-state index >= 15 is 0 Å². The lowest BCUT2D eigenvalue weighted by Gasteiger charge is -2.41. The highest BCUT2D eigenvalue weighted by molar-refractivity contribution is 5.80. The highest BCUT2D eigenvalue weighted by Crippen LogP contribution is 2.44. The van der Waals surface area contributed by atoms with Gasteiger partial charge in [-0.3, -0.25) is 4.79 Å². The Bertz CT molecular complexity index is 466. The van der Waals surface area contributed by atoms with Gasteiger partial charge in [0, 0.05) is 24.7 Å². The van der Waals surface area contributed by atoms with E-state index in [1.165, 1.54) is 19.3 Å². The molecule has 3 aliphatic heterocycles. The zero-order chi connectivity index (χ0) is 14.6. The van der Waals surface area contributed by atoms with Crippen molar-refractivity contribution in [3.05, 3.63) is 0 Å². The van der Waals surface area contributed by atoms with Crippen LogP contribution in [0.15, 0.2) is 0 Å². The molecule has 116 valence electrons. The van der Waals surface area contributed by atoms with Crippen LogP contribution in [0.3, 0.4) is 0 Å². The number of carboxylic acid groups (broad SMARTS) is 1. The minimum Gasteiger partial charge on any atom is -0.481 e. The van der Waals surface area contributed by atoms with Gasteiger partial charge in [-0.2, -0.15) is 0 Å². The first-order valence-corrected chi connectivity index (χ1v) is 8.48. The topological polar surface area (TPSA) is 60.9 Å². The van der Waals surface area contributed by atoms with Crippen LogP contribution in [-0.4, -0.2) is 51.6 Å². The Balaban J connectivity index is 1.54. The Kier molecular flexibility index (Phi) is 3.12. The summed E-state index contributed by atoms with van der Waals surface area (Å²) in [7, 11) is 0. The number of carbonyl (C=O) groups is 2. The molecule has 0 aromatic rings. The molecule has 4 fully saturated rings. The molecule has 0 radical (unpaired) electrons. The van der Waals surface area contributed by atoms with Crippen LogP contribution in [0.4, 0.5) is 4.79 Å².